The molecule has 0 aliphatic carbocycles. The summed E-state index contributed by atoms with van der Waals surface area (Å²) in [5.41, 5.74) is 5.99. The Labute approximate surface area is 117 Å². The van der Waals surface area contributed by atoms with Crippen LogP contribution in [0.3, 0.4) is 0 Å². The van der Waals surface area contributed by atoms with Gasteiger partial charge < -0.3 is 10.3 Å². The van der Waals surface area contributed by atoms with Gasteiger partial charge in [-0.3, -0.25) is 0 Å². The first kappa shape index (κ1) is 14.2. The number of rotatable bonds is 4. The maximum atomic E-state index is 5.99. The van der Waals surface area contributed by atoms with Crippen LogP contribution in [0.1, 0.15) is 56.6 Å². The number of thioether (sulfide) groups is 2. The van der Waals surface area contributed by atoms with Crippen LogP contribution in [-0.4, -0.2) is 26.4 Å². The van der Waals surface area contributed by atoms with Crippen molar-refractivity contribution in [1.29, 1.82) is 0 Å². The number of hydrogen-bond donors (Lipinski definition) is 1. The largest absolute Gasteiger partial charge is 0.338 e. The standard InChI is InChI=1S/C12H21N3OS2/c1-4-5-9(13)12-14-11(15-16-12)10-6-17-7(2)8(3)18-10/h7-10H,4-6,13H2,1-3H3/t7?,8?,9-,10?/m0/s1. The zero-order chi connectivity index (χ0) is 13.1. The zero-order valence-corrected chi connectivity index (χ0v) is 12.8. The van der Waals surface area contributed by atoms with E-state index in [1.165, 1.54) is 0 Å². The molecule has 0 aromatic carbocycles. The molecule has 1 fully saturated rings. The fourth-order valence-corrected chi connectivity index (χ4v) is 4.72. The first-order valence-corrected chi connectivity index (χ1v) is 8.47. The normalized spacial score (nSPS) is 30.3. The minimum atomic E-state index is -0.117. The highest BCUT2D eigenvalue weighted by Gasteiger charge is 2.30. The predicted octanol–water partition coefficient (Wildman–Crippen LogP) is 3.17. The lowest BCUT2D eigenvalue weighted by Gasteiger charge is -2.29. The van der Waals surface area contributed by atoms with Crippen molar-refractivity contribution in [3.05, 3.63) is 11.7 Å². The van der Waals surface area contributed by atoms with E-state index in [9.17, 15) is 0 Å². The minimum Gasteiger partial charge on any atom is -0.338 e. The molecular weight excluding hydrogens is 266 g/mol. The van der Waals surface area contributed by atoms with E-state index in [0.29, 0.717) is 21.6 Å². The molecule has 102 valence electrons. The van der Waals surface area contributed by atoms with Crippen molar-refractivity contribution in [2.75, 3.05) is 5.75 Å². The molecule has 18 heavy (non-hydrogen) atoms. The summed E-state index contributed by atoms with van der Waals surface area (Å²) < 4.78 is 5.29. The predicted molar refractivity (Wildman–Crippen MR) is 77.8 cm³/mol. The number of nitrogens with two attached hydrogens (primary N) is 1. The van der Waals surface area contributed by atoms with E-state index in [0.717, 1.165) is 24.4 Å². The van der Waals surface area contributed by atoms with Crippen LogP contribution in [0, 0.1) is 0 Å². The van der Waals surface area contributed by atoms with Gasteiger partial charge in [0.1, 0.15) is 0 Å². The number of hydrogen-bond acceptors (Lipinski definition) is 6. The molecule has 1 aliphatic rings. The van der Waals surface area contributed by atoms with Crippen molar-refractivity contribution < 1.29 is 4.52 Å². The molecule has 6 heteroatoms. The van der Waals surface area contributed by atoms with Crippen LogP contribution in [0.4, 0.5) is 0 Å². The van der Waals surface area contributed by atoms with Crippen LogP contribution < -0.4 is 5.73 Å². The summed E-state index contributed by atoms with van der Waals surface area (Å²) in [5.74, 6) is 2.45. The number of aromatic nitrogens is 2. The molecule has 2 rings (SSSR count). The molecule has 1 aliphatic heterocycles. The lowest BCUT2D eigenvalue weighted by molar-refractivity contribution is 0.344. The Balaban J connectivity index is 2.01. The van der Waals surface area contributed by atoms with Gasteiger partial charge in [-0.2, -0.15) is 16.7 Å². The zero-order valence-electron chi connectivity index (χ0n) is 11.1. The molecule has 1 aromatic rings. The van der Waals surface area contributed by atoms with Gasteiger partial charge in [0.25, 0.3) is 0 Å². The van der Waals surface area contributed by atoms with E-state index < -0.39 is 0 Å². The Morgan fingerprint density at radius 3 is 2.89 bits per heavy atom. The molecule has 0 amide bonds. The first-order chi connectivity index (χ1) is 8.61. The Hall–Kier alpha value is -0.200. The van der Waals surface area contributed by atoms with Crippen LogP contribution >= 0.6 is 23.5 Å². The molecule has 2 N–H and O–H groups in total. The highest BCUT2D eigenvalue weighted by Crippen LogP contribution is 2.43. The molecule has 0 spiro atoms. The summed E-state index contributed by atoms with van der Waals surface area (Å²) in [7, 11) is 0. The van der Waals surface area contributed by atoms with E-state index in [4.69, 9.17) is 10.3 Å². The quantitative estimate of drug-likeness (QED) is 0.917. The van der Waals surface area contributed by atoms with Gasteiger partial charge in [-0.05, 0) is 6.42 Å². The van der Waals surface area contributed by atoms with E-state index in [-0.39, 0.29) is 6.04 Å². The van der Waals surface area contributed by atoms with Crippen LogP contribution in [0.5, 0.6) is 0 Å². The molecule has 2 heterocycles. The van der Waals surface area contributed by atoms with Gasteiger partial charge in [-0.1, -0.05) is 32.3 Å². The average molecular weight is 287 g/mol. The van der Waals surface area contributed by atoms with E-state index >= 15 is 0 Å². The average Bonchev–Trinajstić information content (AvgIpc) is 2.82. The van der Waals surface area contributed by atoms with Crippen molar-refractivity contribution in [3.63, 3.8) is 0 Å². The Bertz CT molecular complexity index is 385. The van der Waals surface area contributed by atoms with E-state index in [1.54, 1.807) is 0 Å². The molecule has 4 atom stereocenters. The maximum Gasteiger partial charge on any atom is 0.243 e. The van der Waals surface area contributed by atoms with Gasteiger partial charge in [0, 0.05) is 16.3 Å². The lowest BCUT2D eigenvalue weighted by atomic mass is 10.2. The lowest BCUT2D eigenvalue weighted by Crippen LogP contribution is -2.22. The Morgan fingerprint density at radius 2 is 2.22 bits per heavy atom. The number of nitrogens with zero attached hydrogens (tertiary/aromatic N) is 2. The van der Waals surface area contributed by atoms with Crippen LogP contribution in [-0.2, 0) is 0 Å². The van der Waals surface area contributed by atoms with Crippen LogP contribution in [0.2, 0.25) is 0 Å². The Kier molecular flexibility index (Phi) is 4.98. The second-order valence-corrected chi connectivity index (χ2v) is 7.75. The van der Waals surface area contributed by atoms with Crippen molar-refractivity contribution in [2.45, 2.75) is 55.4 Å². The Morgan fingerprint density at radius 1 is 1.44 bits per heavy atom. The SMILES string of the molecule is CCC[C@H](N)c1nc(C2CSC(C)C(C)S2)no1. The monoisotopic (exact) mass is 287 g/mol. The van der Waals surface area contributed by atoms with Gasteiger partial charge in [-0.15, -0.1) is 11.8 Å². The third-order valence-electron chi connectivity index (χ3n) is 3.21. The molecule has 3 unspecified atom stereocenters. The third kappa shape index (κ3) is 3.22. The molecule has 0 saturated carbocycles. The summed E-state index contributed by atoms with van der Waals surface area (Å²) in [6.07, 6.45) is 1.92. The van der Waals surface area contributed by atoms with E-state index in [2.05, 4.69) is 30.9 Å². The molecule has 4 nitrogen and oxygen atoms in total. The molecule has 0 bridgehead atoms. The van der Waals surface area contributed by atoms with Gasteiger partial charge in [0.05, 0.1) is 11.3 Å². The summed E-state index contributed by atoms with van der Waals surface area (Å²) in [5, 5.41) is 5.76. The maximum absolute atomic E-state index is 5.99. The highest BCUT2D eigenvalue weighted by atomic mass is 32.2. The highest BCUT2D eigenvalue weighted by molar-refractivity contribution is 8.07. The second kappa shape index (κ2) is 6.30. The molecule has 1 saturated heterocycles. The van der Waals surface area contributed by atoms with Crippen LogP contribution in [0.25, 0.3) is 0 Å². The fraction of sp³-hybridized carbons (Fsp3) is 0.833. The molecular formula is C12H21N3OS2. The van der Waals surface area contributed by atoms with Gasteiger partial charge in [-0.25, -0.2) is 0 Å². The summed E-state index contributed by atoms with van der Waals surface area (Å²) in [6, 6.07) is -0.117. The molecule has 0 radical (unpaired) electrons. The fourth-order valence-electron chi connectivity index (χ4n) is 1.88. The topological polar surface area (TPSA) is 64.9 Å². The van der Waals surface area contributed by atoms with Gasteiger partial charge in [0.2, 0.25) is 5.89 Å². The van der Waals surface area contributed by atoms with Gasteiger partial charge >= 0.3 is 0 Å². The summed E-state index contributed by atoms with van der Waals surface area (Å²) in [6.45, 7) is 6.64. The van der Waals surface area contributed by atoms with Crippen molar-refractivity contribution in [2.24, 2.45) is 5.73 Å². The molecule has 1 aromatic heterocycles. The summed E-state index contributed by atoms with van der Waals surface area (Å²) in [4.78, 5) is 4.47. The van der Waals surface area contributed by atoms with E-state index in [1.807, 2.05) is 23.5 Å². The van der Waals surface area contributed by atoms with Crippen molar-refractivity contribution >= 4 is 23.5 Å². The minimum absolute atomic E-state index is 0.117. The third-order valence-corrected chi connectivity index (χ3v) is 6.60. The van der Waals surface area contributed by atoms with Gasteiger partial charge in [0.15, 0.2) is 5.82 Å². The smallest absolute Gasteiger partial charge is 0.243 e. The van der Waals surface area contributed by atoms with Crippen molar-refractivity contribution in [1.82, 2.24) is 10.1 Å². The van der Waals surface area contributed by atoms with Crippen molar-refractivity contribution in [3.8, 4) is 0 Å². The van der Waals surface area contributed by atoms with Crippen LogP contribution in [0.15, 0.2) is 4.52 Å². The summed E-state index contributed by atoms with van der Waals surface area (Å²) >= 11 is 3.92. The first-order valence-electron chi connectivity index (χ1n) is 6.48. The second-order valence-electron chi connectivity index (χ2n) is 4.75.